The molecular weight excluding hydrogens is 396 g/mol. The maximum atomic E-state index is 12.0. The topological polar surface area (TPSA) is 38.7 Å². The Morgan fingerprint density at radius 3 is 2.50 bits per heavy atom. The van der Waals surface area contributed by atoms with Crippen LogP contribution in [0.25, 0.3) is 0 Å². The number of hydrogen-bond acceptors (Lipinski definition) is 3. The zero-order valence-electron chi connectivity index (χ0n) is 21.4. The van der Waals surface area contributed by atoms with Crippen molar-refractivity contribution >= 4 is 0 Å². The quantitative estimate of drug-likeness (QED) is 0.603. The van der Waals surface area contributed by atoms with Gasteiger partial charge in [-0.25, -0.2) is 0 Å². The average Bonchev–Trinajstić information content (AvgIpc) is 3.08. The predicted octanol–water partition coefficient (Wildman–Crippen LogP) is 6.08. The summed E-state index contributed by atoms with van der Waals surface area (Å²) in [5, 5.41) is 12.0. The van der Waals surface area contributed by atoms with Gasteiger partial charge >= 0.3 is 0 Å². The van der Waals surface area contributed by atoms with E-state index in [0.717, 1.165) is 18.6 Å². The third-order valence-electron chi connectivity index (χ3n) is 10.9. The molecule has 4 aliphatic carbocycles. The molecule has 2 unspecified atom stereocenters. The van der Waals surface area contributed by atoms with Crippen molar-refractivity contribution < 1.29 is 14.6 Å². The van der Waals surface area contributed by atoms with E-state index in [4.69, 9.17) is 9.47 Å². The standard InChI is InChI=1S/C29H44O3/c1-8-28-17-22(27(6,30)26(3,4)5)25(31-7)21-16-20-23(32-9-2)13-12-18-15-19(28)11-10-14-29(21,28)24(18)20/h12-13,19,21-22,25,30H,8-11,14-17H2,1-7H3/t19-,21+,22+,25?,27?,28-,29-/m0/s1. The average molecular weight is 441 g/mol. The number of ether oxygens (including phenoxy) is 2. The van der Waals surface area contributed by atoms with Crippen LogP contribution >= 0.6 is 0 Å². The molecule has 2 saturated carbocycles. The van der Waals surface area contributed by atoms with Crippen LogP contribution in [-0.2, 0) is 23.0 Å². The van der Waals surface area contributed by atoms with Gasteiger partial charge in [0.2, 0.25) is 0 Å². The zero-order valence-corrected chi connectivity index (χ0v) is 21.4. The van der Waals surface area contributed by atoms with Gasteiger partial charge in [-0.1, -0.05) is 40.2 Å². The molecule has 0 radical (unpaired) electrons. The van der Waals surface area contributed by atoms with Gasteiger partial charge in [0.1, 0.15) is 5.75 Å². The highest BCUT2D eigenvalue weighted by molar-refractivity contribution is 5.58. The van der Waals surface area contributed by atoms with Crippen LogP contribution in [0.1, 0.15) is 90.3 Å². The SMILES string of the molecule is CCOc1ccc2c3c1C[C@@H]1C(OC)[C@H](C(C)(O)C(C)(C)C)C[C@@]4(CC)[C@@H](CCC[C@@]314)C2. The van der Waals surface area contributed by atoms with E-state index in [1.807, 2.05) is 7.11 Å². The minimum absolute atomic E-state index is 0.0653. The molecule has 3 heteroatoms. The highest BCUT2D eigenvalue weighted by Gasteiger charge is 2.72. The van der Waals surface area contributed by atoms with E-state index in [9.17, 15) is 5.11 Å². The van der Waals surface area contributed by atoms with Crippen molar-refractivity contribution in [3.63, 3.8) is 0 Å². The largest absolute Gasteiger partial charge is 0.494 e. The second kappa shape index (κ2) is 7.22. The molecule has 4 aliphatic rings. The van der Waals surface area contributed by atoms with Crippen molar-refractivity contribution in [2.45, 2.75) is 104 Å². The van der Waals surface area contributed by atoms with Crippen molar-refractivity contribution in [1.29, 1.82) is 0 Å². The zero-order chi connectivity index (χ0) is 23.1. The number of aliphatic hydroxyl groups is 1. The summed E-state index contributed by atoms with van der Waals surface area (Å²) < 4.78 is 12.6. The van der Waals surface area contributed by atoms with Crippen molar-refractivity contribution in [3.8, 4) is 5.75 Å². The number of rotatable bonds is 5. The Bertz CT molecular complexity index is 896. The molecular formula is C29H44O3. The summed E-state index contributed by atoms with van der Waals surface area (Å²) in [6.07, 6.45) is 8.47. The fourth-order valence-corrected chi connectivity index (χ4v) is 9.17. The van der Waals surface area contributed by atoms with Crippen LogP contribution in [0.15, 0.2) is 12.1 Å². The van der Waals surface area contributed by atoms with Crippen LogP contribution in [0, 0.1) is 28.6 Å². The van der Waals surface area contributed by atoms with E-state index in [1.165, 1.54) is 37.7 Å². The van der Waals surface area contributed by atoms with Crippen LogP contribution in [-0.4, -0.2) is 30.5 Å². The Kier molecular flexibility index (Phi) is 5.12. The monoisotopic (exact) mass is 440 g/mol. The minimum Gasteiger partial charge on any atom is -0.494 e. The second-order valence-corrected chi connectivity index (χ2v) is 12.5. The summed E-state index contributed by atoms with van der Waals surface area (Å²) in [5.74, 6) is 2.35. The fraction of sp³-hybridized carbons (Fsp3) is 0.793. The van der Waals surface area contributed by atoms with Gasteiger partial charge in [-0.2, -0.15) is 0 Å². The Morgan fingerprint density at radius 2 is 1.88 bits per heavy atom. The molecule has 3 nitrogen and oxygen atoms in total. The Labute approximate surface area is 195 Å². The lowest BCUT2D eigenvalue weighted by Crippen LogP contribution is -2.69. The van der Waals surface area contributed by atoms with Gasteiger partial charge in [0.05, 0.1) is 18.3 Å². The summed E-state index contributed by atoms with van der Waals surface area (Å²) in [6.45, 7) is 13.9. The van der Waals surface area contributed by atoms with Crippen LogP contribution in [0.4, 0.5) is 0 Å². The van der Waals surface area contributed by atoms with Crippen molar-refractivity contribution in [2.24, 2.45) is 28.6 Å². The van der Waals surface area contributed by atoms with E-state index < -0.39 is 5.60 Å². The third-order valence-corrected chi connectivity index (χ3v) is 10.9. The molecule has 0 aliphatic heterocycles. The highest BCUT2D eigenvalue weighted by atomic mass is 16.5. The van der Waals surface area contributed by atoms with Gasteiger partial charge in [-0.05, 0) is 97.8 Å². The van der Waals surface area contributed by atoms with Gasteiger partial charge in [0.25, 0.3) is 0 Å². The summed E-state index contributed by atoms with van der Waals surface area (Å²) in [7, 11) is 1.89. The lowest BCUT2D eigenvalue weighted by Gasteiger charge is -2.69. The van der Waals surface area contributed by atoms with E-state index >= 15 is 0 Å². The van der Waals surface area contributed by atoms with Crippen LogP contribution in [0.2, 0.25) is 0 Å². The van der Waals surface area contributed by atoms with Crippen molar-refractivity contribution in [3.05, 3.63) is 28.8 Å². The molecule has 0 amide bonds. The first-order valence-corrected chi connectivity index (χ1v) is 13.1. The number of methoxy groups -OCH3 is 1. The molecule has 178 valence electrons. The molecule has 7 atom stereocenters. The smallest absolute Gasteiger partial charge is 0.122 e. The van der Waals surface area contributed by atoms with E-state index in [-0.39, 0.29) is 28.3 Å². The normalized spacial score (nSPS) is 39.4. The van der Waals surface area contributed by atoms with E-state index in [2.05, 4.69) is 53.7 Å². The molecule has 2 fully saturated rings. The molecule has 1 aromatic carbocycles. The van der Waals surface area contributed by atoms with Crippen LogP contribution < -0.4 is 4.74 Å². The maximum Gasteiger partial charge on any atom is 0.122 e. The first kappa shape index (κ1) is 22.7. The third kappa shape index (κ3) is 2.56. The van der Waals surface area contributed by atoms with Crippen LogP contribution in [0.3, 0.4) is 0 Å². The molecule has 0 heterocycles. The van der Waals surface area contributed by atoms with Gasteiger partial charge < -0.3 is 14.6 Å². The Hall–Kier alpha value is -1.06. The molecule has 2 bridgehead atoms. The van der Waals surface area contributed by atoms with E-state index in [0.29, 0.717) is 18.4 Å². The Balaban J connectivity index is 1.76. The Morgan fingerprint density at radius 1 is 1.12 bits per heavy atom. The molecule has 5 rings (SSSR count). The van der Waals surface area contributed by atoms with Crippen molar-refractivity contribution in [2.75, 3.05) is 13.7 Å². The van der Waals surface area contributed by atoms with Gasteiger partial charge in [0, 0.05) is 18.4 Å². The second-order valence-electron chi connectivity index (χ2n) is 12.5. The summed E-state index contributed by atoms with van der Waals surface area (Å²) in [5.41, 5.74) is 4.11. The summed E-state index contributed by atoms with van der Waals surface area (Å²) >= 11 is 0. The number of benzene rings is 1. The first-order valence-electron chi connectivity index (χ1n) is 13.1. The highest BCUT2D eigenvalue weighted by Crippen LogP contribution is 2.75. The van der Waals surface area contributed by atoms with Crippen molar-refractivity contribution in [1.82, 2.24) is 0 Å². The lowest BCUT2D eigenvalue weighted by molar-refractivity contribution is -0.223. The fourth-order valence-electron chi connectivity index (χ4n) is 9.17. The molecule has 1 N–H and O–H groups in total. The van der Waals surface area contributed by atoms with Gasteiger partial charge in [-0.3, -0.25) is 0 Å². The van der Waals surface area contributed by atoms with Crippen LogP contribution in [0.5, 0.6) is 5.75 Å². The first-order chi connectivity index (χ1) is 15.1. The molecule has 0 aromatic heterocycles. The van der Waals surface area contributed by atoms with Gasteiger partial charge in [-0.15, -0.1) is 0 Å². The number of hydrogen-bond donors (Lipinski definition) is 1. The summed E-state index contributed by atoms with van der Waals surface area (Å²) in [4.78, 5) is 0. The summed E-state index contributed by atoms with van der Waals surface area (Å²) in [6, 6.07) is 4.62. The molecule has 0 saturated heterocycles. The van der Waals surface area contributed by atoms with E-state index in [1.54, 1.807) is 11.1 Å². The molecule has 1 spiro atoms. The predicted molar refractivity (Wildman–Crippen MR) is 129 cm³/mol. The molecule has 1 aromatic rings. The molecule has 32 heavy (non-hydrogen) atoms. The maximum absolute atomic E-state index is 12.0. The van der Waals surface area contributed by atoms with Gasteiger partial charge in [0.15, 0.2) is 0 Å². The minimum atomic E-state index is -0.788. The lowest BCUT2D eigenvalue weighted by atomic mass is 9.36.